The monoisotopic (exact) mass is 333 g/mol. The lowest BCUT2D eigenvalue weighted by Gasteiger charge is -2.29. The van der Waals surface area contributed by atoms with Gasteiger partial charge in [-0.05, 0) is 44.2 Å². The summed E-state index contributed by atoms with van der Waals surface area (Å²) >= 11 is 0. The van der Waals surface area contributed by atoms with Crippen LogP contribution in [0.4, 0.5) is 0 Å². The lowest BCUT2D eigenvalue weighted by molar-refractivity contribution is -0.132. The second-order valence-electron chi connectivity index (χ2n) is 5.70. The molecule has 0 aliphatic rings. The van der Waals surface area contributed by atoms with E-state index in [0.29, 0.717) is 17.9 Å². The minimum atomic E-state index is -1.09. The van der Waals surface area contributed by atoms with Crippen molar-refractivity contribution in [2.75, 3.05) is 6.61 Å². The fraction of sp³-hybridized carbons (Fsp3) is 0.294. The van der Waals surface area contributed by atoms with Gasteiger partial charge in [0.1, 0.15) is 18.4 Å². The Morgan fingerprint density at radius 3 is 2.50 bits per heavy atom. The third kappa shape index (κ3) is 5.86. The minimum absolute atomic E-state index is 0.337. The molecule has 24 heavy (non-hydrogen) atoms. The van der Waals surface area contributed by atoms with Gasteiger partial charge in [-0.3, -0.25) is 14.8 Å². The van der Waals surface area contributed by atoms with E-state index in [0.717, 1.165) is 0 Å². The zero-order chi connectivity index (χ0) is 18.2. The molecule has 0 bridgehead atoms. The van der Waals surface area contributed by atoms with Crippen molar-refractivity contribution >= 4 is 11.8 Å². The van der Waals surface area contributed by atoms with Gasteiger partial charge in [0.05, 0.1) is 0 Å². The molecule has 2 amide bonds. The van der Waals surface area contributed by atoms with Crippen LogP contribution in [0.2, 0.25) is 0 Å². The van der Waals surface area contributed by atoms with Gasteiger partial charge >= 0.3 is 0 Å². The van der Waals surface area contributed by atoms with Crippen molar-refractivity contribution in [3.8, 4) is 5.75 Å². The average molecular weight is 333 g/mol. The maximum atomic E-state index is 12.2. The molecule has 5 N–H and O–H groups in total. The Hall–Kier alpha value is -2.64. The number of nitrogens with two attached hydrogens (primary N) is 1. The number of hydroxylamine groups is 1. The number of benzene rings is 1. The van der Waals surface area contributed by atoms with Crippen LogP contribution >= 0.6 is 0 Å². The fourth-order valence-electron chi connectivity index (χ4n) is 1.87. The molecule has 1 aromatic rings. The first-order valence-electron chi connectivity index (χ1n) is 7.33. The fourth-order valence-corrected chi connectivity index (χ4v) is 1.87. The number of hydrogen-bond acceptors (Lipinski definition) is 5. The van der Waals surface area contributed by atoms with Crippen LogP contribution in [0, 0.1) is 0 Å². The number of carbonyl (C=O) groups excluding carboxylic acids is 2. The van der Waals surface area contributed by atoms with Gasteiger partial charge in [0.15, 0.2) is 0 Å². The van der Waals surface area contributed by atoms with Gasteiger partial charge in [0.2, 0.25) is 0 Å². The summed E-state index contributed by atoms with van der Waals surface area (Å²) in [5.74, 6) is -0.672. The Labute approximate surface area is 141 Å². The molecule has 0 aliphatic heterocycles. The zero-order valence-electron chi connectivity index (χ0n) is 13.8. The van der Waals surface area contributed by atoms with Crippen molar-refractivity contribution in [1.82, 2.24) is 10.8 Å². The maximum Gasteiger partial charge on any atom is 0.267 e. The standard InChI is InChI=1S/C17H23N3O4/c1-4-5-6-11-24-13-9-7-12(8-10-13)15(21)19-14(16(22)20-23)17(2,3)18/h4-10,14,23H,1,11,18H2,2-3H3,(H,19,21)(H,20,22). The van der Waals surface area contributed by atoms with Crippen LogP contribution in [0.15, 0.2) is 49.1 Å². The third-order valence-electron chi connectivity index (χ3n) is 3.13. The van der Waals surface area contributed by atoms with E-state index in [4.69, 9.17) is 15.7 Å². The van der Waals surface area contributed by atoms with Gasteiger partial charge in [-0.25, -0.2) is 5.48 Å². The quantitative estimate of drug-likeness (QED) is 0.324. The molecule has 0 saturated carbocycles. The van der Waals surface area contributed by atoms with Gasteiger partial charge in [0.25, 0.3) is 11.8 Å². The Bertz CT molecular complexity index is 603. The maximum absolute atomic E-state index is 12.2. The summed E-state index contributed by atoms with van der Waals surface area (Å²) in [4.78, 5) is 23.9. The predicted octanol–water partition coefficient (Wildman–Crippen LogP) is 1.15. The number of rotatable bonds is 8. The first kappa shape index (κ1) is 19.4. The largest absolute Gasteiger partial charge is 0.490 e. The molecule has 0 fully saturated rings. The Balaban J connectivity index is 2.75. The molecule has 1 aromatic carbocycles. The molecule has 1 atom stereocenters. The summed E-state index contributed by atoms with van der Waals surface area (Å²) in [6.45, 7) is 7.08. The molecule has 0 heterocycles. The smallest absolute Gasteiger partial charge is 0.267 e. The number of amides is 2. The summed E-state index contributed by atoms with van der Waals surface area (Å²) in [6, 6.07) is 5.34. The minimum Gasteiger partial charge on any atom is -0.490 e. The summed E-state index contributed by atoms with van der Waals surface area (Å²) in [6.07, 6.45) is 5.21. The van der Waals surface area contributed by atoms with Crippen LogP contribution in [-0.2, 0) is 4.79 Å². The SMILES string of the molecule is C=CC=CCOc1ccc(C(=O)NC(C(=O)NO)C(C)(C)N)cc1. The van der Waals surface area contributed by atoms with Crippen LogP contribution in [0.25, 0.3) is 0 Å². The van der Waals surface area contributed by atoms with Gasteiger partial charge in [-0.1, -0.05) is 18.7 Å². The lowest BCUT2D eigenvalue weighted by atomic mass is 9.95. The highest BCUT2D eigenvalue weighted by atomic mass is 16.5. The highest BCUT2D eigenvalue weighted by Crippen LogP contribution is 2.13. The van der Waals surface area contributed by atoms with Gasteiger partial charge in [-0.15, -0.1) is 0 Å². The Morgan fingerprint density at radius 2 is 2.00 bits per heavy atom. The summed E-state index contributed by atoms with van der Waals surface area (Å²) in [5, 5.41) is 11.3. The summed E-state index contributed by atoms with van der Waals surface area (Å²) in [7, 11) is 0. The second kappa shape index (κ2) is 8.85. The number of carbonyl (C=O) groups is 2. The van der Waals surface area contributed by atoms with Gasteiger partial charge in [-0.2, -0.15) is 0 Å². The highest BCUT2D eigenvalue weighted by Gasteiger charge is 2.33. The molecule has 0 aliphatic carbocycles. The van der Waals surface area contributed by atoms with Crippen LogP contribution in [0.3, 0.4) is 0 Å². The first-order chi connectivity index (χ1) is 11.3. The van der Waals surface area contributed by atoms with Crippen molar-refractivity contribution in [2.24, 2.45) is 5.73 Å². The third-order valence-corrected chi connectivity index (χ3v) is 3.13. The van der Waals surface area contributed by atoms with Crippen LogP contribution < -0.4 is 21.3 Å². The van der Waals surface area contributed by atoms with Crippen molar-refractivity contribution in [2.45, 2.75) is 25.4 Å². The van der Waals surface area contributed by atoms with Crippen molar-refractivity contribution in [3.63, 3.8) is 0 Å². The molecule has 1 rings (SSSR count). The first-order valence-corrected chi connectivity index (χ1v) is 7.33. The van der Waals surface area contributed by atoms with E-state index in [1.54, 1.807) is 56.3 Å². The van der Waals surface area contributed by atoms with Crippen LogP contribution in [0.1, 0.15) is 24.2 Å². The molecular weight excluding hydrogens is 310 g/mol. The van der Waals surface area contributed by atoms with Crippen molar-refractivity contribution in [3.05, 3.63) is 54.6 Å². The number of hydrogen-bond donors (Lipinski definition) is 4. The molecule has 130 valence electrons. The normalized spacial score (nSPS) is 12.5. The molecule has 0 aromatic heterocycles. The molecular formula is C17H23N3O4. The number of ether oxygens (including phenoxy) is 1. The molecule has 0 spiro atoms. The Morgan fingerprint density at radius 1 is 1.38 bits per heavy atom. The topological polar surface area (TPSA) is 114 Å². The van der Waals surface area contributed by atoms with Crippen LogP contribution in [0.5, 0.6) is 5.75 Å². The summed E-state index contributed by atoms with van der Waals surface area (Å²) in [5.41, 5.74) is 6.65. The number of nitrogens with one attached hydrogen (secondary N) is 2. The van der Waals surface area contributed by atoms with Gasteiger partial charge < -0.3 is 15.8 Å². The Kier molecular flexibility index (Phi) is 7.16. The van der Waals surface area contributed by atoms with E-state index in [2.05, 4.69) is 11.9 Å². The van der Waals surface area contributed by atoms with Crippen molar-refractivity contribution < 1.29 is 19.5 Å². The number of allylic oxidation sites excluding steroid dienone is 2. The van der Waals surface area contributed by atoms with E-state index in [1.165, 1.54) is 5.48 Å². The molecule has 1 unspecified atom stereocenters. The van der Waals surface area contributed by atoms with E-state index in [1.807, 2.05) is 0 Å². The summed E-state index contributed by atoms with van der Waals surface area (Å²) < 4.78 is 5.45. The average Bonchev–Trinajstić information content (AvgIpc) is 2.55. The lowest BCUT2D eigenvalue weighted by Crippen LogP contribution is -2.61. The molecule has 7 heteroatoms. The predicted molar refractivity (Wildman–Crippen MR) is 90.7 cm³/mol. The zero-order valence-corrected chi connectivity index (χ0v) is 13.8. The van der Waals surface area contributed by atoms with E-state index < -0.39 is 23.4 Å². The highest BCUT2D eigenvalue weighted by molar-refractivity contribution is 5.97. The molecule has 7 nitrogen and oxygen atoms in total. The van der Waals surface area contributed by atoms with Crippen molar-refractivity contribution in [1.29, 1.82) is 0 Å². The van der Waals surface area contributed by atoms with E-state index in [-0.39, 0.29) is 0 Å². The molecule has 0 saturated heterocycles. The second-order valence-corrected chi connectivity index (χ2v) is 5.70. The van der Waals surface area contributed by atoms with Crippen LogP contribution in [-0.4, -0.2) is 35.2 Å². The molecule has 0 radical (unpaired) electrons. The van der Waals surface area contributed by atoms with E-state index >= 15 is 0 Å². The van der Waals surface area contributed by atoms with Gasteiger partial charge in [0, 0.05) is 11.1 Å². The van der Waals surface area contributed by atoms with E-state index in [9.17, 15) is 9.59 Å².